The minimum absolute atomic E-state index is 0.0111. The summed E-state index contributed by atoms with van der Waals surface area (Å²) in [6.07, 6.45) is 0.307. The maximum Gasteiger partial charge on any atom is 0.228 e. The Morgan fingerprint density at radius 3 is 2.67 bits per heavy atom. The molecule has 2 atom stereocenters. The van der Waals surface area contributed by atoms with Gasteiger partial charge in [-0.1, -0.05) is 48.5 Å². The number of amides is 2. The van der Waals surface area contributed by atoms with Gasteiger partial charge < -0.3 is 15.1 Å². The van der Waals surface area contributed by atoms with Crippen LogP contribution in [0.2, 0.25) is 0 Å². The minimum atomic E-state index is -0.256. The Morgan fingerprint density at radius 1 is 1.11 bits per heavy atom. The SMILES string of the molecule is C[C@H](c1ccccc1)N1C[C@H](C(=O)N2CCNc3ccccc3C2)CC1=O. The first-order chi connectivity index (χ1) is 13.1. The van der Waals surface area contributed by atoms with E-state index in [-0.39, 0.29) is 23.8 Å². The third kappa shape index (κ3) is 3.54. The lowest BCUT2D eigenvalue weighted by atomic mass is 10.1. The molecule has 140 valence electrons. The molecule has 5 nitrogen and oxygen atoms in total. The standard InChI is InChI=1S/C22H25N3O2/c1-16(17-7-3-2-4-8-17)25-15-19(13-21(25)26)22(27)24-12-11-23-20-10-6-5-9-18(20)14-24/h2-10,16,19,23H,11-15H2,1H3/t16-,19-/m1/s1. The summed E-state index contributed by atoms with van der Waals surface area (Å²) < 4.78 is 0. The van der Waals surface area contributed by atoms with Gasteiger partial charge in [0.15, 0.2) is 0 Å². The van der Waals surface area contributed by atoms with E-state index in [0.29, 0.717) is 26.1 Å². The van der Waals surface area contributed by atoms with Crippen molar-refractivity contribution in [1.29, 1.82) is 0 Å². The molecule has 1 N–H and O–H groups in total. The van der Waals surface area contributed by atoms with Crippen molar-refractivity contribution in [3.8, 4) is 0 Å². The van der Waals surface area contributed by atoms with Crippen molar-refractivity contribution in [1.82, 2.24) is 9.80 Å². The summed E-state index contributed by atoms with van der Waals surface area (Å²) in [6.45, 7) is 4.52. The molecule has 0 aromatic heterocycles. The molecule has 4 rings (SSSR count). The molecule has 2 aromatic carbocycles. The summed E-state index contributed by atoms with van der Waals surface area (Å²) in [7, 11) is 0. The maximum absolute atomic E-state index is 13.1. The number of hydrogen-bond acceptors (Lipinski definition) is 3. The number of nitrogens with zero attached hydrogens (tertiary/aromatic N) is 2. The van der Waals surface area contributed by atoms with Crippen LogP contribution in [-0.2, 0) is 16.1 Å². The first-order valence-corrected chi connectivity index (χ1v) is 9.58. The predicted molar refractivity (Wildman–Crippen MR) is 105 cm³/mol. The van der Waals surface area contributed by atoms with E-state index in [0.717, 1.165) is 23.4 Å². The molecule has 1 saturated heterocycles. The van der Waals surface area contributed by atoms with Crippen LogP contribution in [-0.4, -0.2) is 41.2 Å². The van der Waals surface area contributed by atoms with Crippen LogP contribution in [0.15, 0.2) is 54.6 Å². The van der Waals surface area contributed by atoms with Crippen molar-refractivity contribution in [3.05, 3.63) is 65.7 Å². The molecule has 2 aromatic rings. The largest absolute Gasteiger partial charge is 0.383 e. The molecule has 0 unspecified atom stereocenters. The molecule has 0 saturated carbocycles. The van der Waals surface area contributed by atoms with Crippen molar-refractivity contribution in [2.75, 3.05) is 25.0 Å². The zero-order valence-electron chi connectivity index (χ0n) is 15.6. The number of carbonyl (C=O) groups is 2. The molecular weight excluding hydrogens is 338 g/mol. The summed E-state index contributed by atoms with van der Waals surface area (Å²) in [5, 5.41) is 3.39. The van der Waals surface area contributed by atoms with Crippen LogP contribution in [0, 0.1) is 5.92 Å². The summed E-state index contributed by atoms with van der Waals surface area (Å²) in [5.74, 6) is -0.100. The summed E-state index contributed by atoms with van der Waals surface area (Å²) in [4.78, 5) is 29.5. The number of fused-ring (bicyclic) bond motifs is 1. The Labute approximate surface area is 160 Å². The molecule has 27 heavy (non-hydrogen) atoms. The number of benzene rings is 2. The third-order valence-corrected chi connectivity index (χ3v) is 5.64. The molecular formula is C22H25N3O2. The highest BCUT2D eigenvalue weighted by Crippen LogP contribution is 2.30. The van der Waals surface area contributed by atoms with Gasteiger partial charge in [-0.2, -0.15) is 0 Å². The van der Waals surface area contributed by atoms with Gasteiger partial charge in [-0.3, -0.25) is 9.59 Å². The number of hydrogen-bond donors (Lipinski definition) is 1. The Kier molecular flexibility index (Phi) is 4.84. The normalized spacial score (nSPS) is 20.6. The molecule has 0 aliphatic carbocycles. The van der Waals surface area contributed by atoms with Gasteiger partial charge in [-0.25, -0.2) is 0 Å². The first kappa shape index (κ1) is 17.6. The Morgan fingerprint density at radius 2 is 1.85 bits per heavy atom. The highest BCUT2D eigenvalue weighted by Gasteiger charge is 2.39. The molecule has 5 heteroatoms. The molecule has 2 aliphatic heterocycles. The Balaban J connectivity index is 1.46. The smallest absolute Gasteiger partial charge is 0.228 e. The molecule has 0 bridgehead atoms. The van der Waals surface area contributed by atoms with E-state index in [4.69, 9.17) is 0 Å². The molecule has 2 heterocycles. The molecule has 2 aliphatic rings. The van der Waals surface area contributed by atoms with Gasteiger partial charge >= 0.3 is 0 Å². The number of nitrogens with one attached hydrogen (secondary N) is 1. The fraction of sp³-hybridized carbons (Fsp3) is 0.364. The first-order valence-electron chi connectivity index (χ1n) is 9.58. The van der Waals surface area contributed by atoms with Crippen LogP contribution < -0.4 is 5.32 Å². The topological polar surface area (TPSA) is 52.7 Å². The van der Waals surface area contributed by atoms with Gasteiger partial charge in [-0.15, -0.1) is 0 Å². The van der Waals surface area contributed by atoms with E-state index in [1.807, 2.05) is 65.3 Å². The number of rotatable bonds is 3. The number of likely N-dealkylation sites (tertiary alicyclic amines) is 1. The lowest BCUT2D eigenvalue weighted by molar-refractivity contribution is -0.136. The number of carbonyl (C=O) groups excluding carboxylic acids is 2. The van der Waals surface area contributed by atoms with Crippen LogP contribution in [0.1, 0.15) is 30.5 Å². The number of anilines is 1. The van der Waals surface area contributed by atoms with Crippen molar-refractivity contribution in [2.45, 2.75) is 25.9 Å². The molecule has 0 spiro atoms. The zero-order valence-corrected chi connectivity index (χ0v) is 15.6. The molecule has 1 fully saturated rings. The van der Waals surface area contributed by atoms with E-state index < -0.39 is 0 Å². The lowest BCUT2D eigenvalue weighted by Gasteiger charge is -2.27. The second-order valence-electron chi connectivity index (χ2n) is 7.38. The monoisotopic (exact) mass is 363 g/mol. The van der Waals surface area contributed by atoms with Gasteiger partial charge in [0.05, 0.1) is 12.0 Å². The summed E-state index contributed by atoms with van der Waals surface area (Å²) in [5.41, 5.74) is 3.32. The second-order valence-corrected chi connectivity index (χ2v) is 7.38. The van der Waals surface area contributed by atoms with Gasteiger partial charge in [0.1, 0.15) is 0 Å². The average Bonchev–Trinajstić information content (AvgIpc) is 2.96. The van der Waals surface area contributed by atoms with E-state index in [2.05, 4.69) is 11.4 Å². The van der Waals surface area contributed by atoms with Crippen LogP contribution in [0.3, 0.4) is 0 Å². The van der Waals surface area contributed by atoms with E-state index in [1.165, 1.54) is 0 Å². The third-order valence-electron chi connectivity index (χ3n) is 5.64. The summed E-state index contributed by atoms with van der Waals surface area (Å²) >= 11 is 0. The number of para-hydroxylation sites is 1. The Bertz CT molecular complexity index is 836. The fourth-order valence-electron chi connectivity index (χ4n) is 4.07. The van der Waals surface area contributed by atoms with Crippen molar-refractivity contribution >= 4 is 17.5 Å². The van der Waals surface area contributed by atoms with Gasteiger partial charge in [0, 0.05) is 38.3 Å². The minimum Gasteiger partial charge on any atom is -0.383 e. The molecule has 0 radical (unpaired) electrons. The Hall–Kier alpha value is -2.82. The van der Waals surface area contributed by atoms with Crippen LogP contribution in [0.25, 0.3) is 0 Å². The summed E-state index contributed by atoms with van der Waals surface area (Å²) in [6, 6.07) is 18.1. The van der Waals surface area contributed by atoms with Gasteiger partial charge in [0.25, 0.3) is 0 Å². The van der Waals surface area contributed by atoms with E-state index in [1.54, 1.807) is 0 Å². The van der Waals surface area contributed by atoms with Crippen LogP contribution in [0.4, 0.5) is 5.69 Å². The van der Waals surface area contributed by atoms with Crippen molar-refractivity contribution in [2.24, 2.45) is 5.92 Å². The van der Waals surface area contributed by atoms with Crippen molar-refractivity contribution in [3.63, 3.8) is 0 Å². The van der Waals surface area contributed by atoms with Crippen LogP contribution in [0.5, 0.6) is 0 Å². The lowest BCUT2D eigenvalue weighted by Crippen LogP contribution is -2.38. The quantitative estimate of drug-likeness (QED) is 0.912. The zero-order chi connectivity index (χ0) is 18.8. The highest BCUT2D eigenvalue weighted by atomic mass is 16.2. The van der Waals surface area contributed by atoms with Gasteiger partial charge in [0.2, 0.25) is 11.8 Å². The fourth-order valence-corrected chi connectivity index (χ4v) is 4.07. The highest BCUT2D eigenvalue weighted by molar-refractivity contribution is 5.89. The van der Waals surface area contributed by atoms with Gasteiger partial charge in [-0.05, 0) is 24.1 Å². The molecule has 2 amide bonds. The second kappa shape index (κ2) is 7.43. The average molecular weight is 363 g/mol. The van der Waals surface area contributed by atoms with E-state index >= 15 is 0 Å². The van der Waals surface area contributed by atoms with Crippen LogP contribution >= 0.6 is 0 Å². The van der Waals surface area contributed by atoms with E-state index in [9.17, 15) is 9.59 Å². The predicted octanol–water partition coefficient (Wildman–Crippen LogP) is 3.05. The maximum atomic E-state index is 13.1. The van der Waals surface area contributed by atoms with Crippen molar-refractivity contribution < 1.29 is 9.59 Å².